The molecule has 1 unspecified atom stereocenters. The molecule has 1 atom stereocenters. The van der Waals surface area contributed by atoms with E-state index in [0.29, 0.717) is 19.3 Å². The number of carbonyl (C=O) groups excluding carboxylic acids is 3. The summed E-state index contributed by atoms with van der Waals surface area (Å²) < 4.78 is 16.7. The number of esters is 3. The van der Waals surface area contributed by atoms with Crippen LogP contribution < -0.4 is 0 Å². The molecule has 0 aromatic rings. The molecule has 0 bridgehead atoms. The summed E-state index contributed by atoms with van der Waals surface area (Å²) >= 11 is 0. The Labute approximate surface area is 429 Å². The van der Waals surface area contributed by atoms with Gasteiger partial charge >= 0.3 is 17.9 Å². The molecule has 0 saturated heterocycles. The van der Waals surface area contributed by atoms with Gasteiger partial charge in [-0.25, -0.2) is 0 Å². The zero-order chi connectivity index (χ0) is 50.0. The van der Waals surface area contributed by atoms with E-state index in [0.717, 1.165) is 77.0 Å². The van der Waals surface area contributed by atoms with Crippen molar-refractivity contribution in [3.05, 3.63) is 36.5 Å². The largest absolute Gasteiger partial charge is 0.462 e. The molecule has 0 heterocycles. The first kappa shape index (κ1) is 66.6. The van der Waals surface area contributed by atoms with E-state index >= 15 is 0 Å². The van der Waals surface area contributed by atoms with Crippen LogP contribution in [0.4, 0.5) is 0 Å². The Bertz CT molecular complexity index is 1160. The number of hydrogen-bond donors (Lipinski definition) is 0. The quantitative estimate of drug-likeness (QED) is 0.0261. The number of unbranched alkanes of at least 4 members (excludes halogenated alkanes) is 39. The molecule has 0 aliphatic carbocycles. The van der Waals surface area contributed by atoms with E-state index < -0.39 is 6.10 Å². The maximum absolute atomic E-state index is 12.8. The van der Waals surface area contributed by atoms with Crippen molar-refractivity contribution in [2.24, 2.45) is 0 Å². The number of allylic oxidation sites excluding steroid dienone is 6. The first-order valence-electron chi connectivity index (χ1n) is 30.5. The van der Waals surface area contributed by atoms with Crippen molar-refractivity contribution in [3.63, 3.8) is 0 Å². The Kier molecular flexibility index (Phi) is 56.2. The Morgan fingerprint density at radius 3 is 0.812 bits per heavy atom. The highest BCUT2D eigenvalue weighted by Crippen LogP contribution is 2.17. The summed E-state index contributed by atoms with van der Waals surface area (Å²) in [6.45, 7) is 6.59. The lowest BCUT2D eigenvalue weighted by atomic mass is 10.0. The van der Waals surface area contributed by atoms with E-state index in [1.807, 2.05) is 0 Å². The maximum Gasteiger partial charge on any atom is 0.306 e. The standard InChI is InChI=1S/C63H116O6/c1-4-7-10-13-15-17-19-21-23-25-26-27-28-29-30-31-32-33-34-35-36-38-39-41-43-45-47-50-53-56-62(65)68-59-60(58-67-61(64)55-52-49-12-9-6-3)69-63(66)57-54-51-48-46-44-42-40-37-24-22-20-18-16-14-11-8-5-2/h19,21,25-26,28-29,60H,4-18,20,22-24,27,30-59H2,1-3H3/b21-19-,26-25-,29-28-. The van der Waals surface area contributed by atoms with Crippen molar-refractivity contribution in [3.8, 4) is 0 Å². The summed E-state index contributed by atoms with van der Waals surface area (Å²) in [5.74, 6) is -0.864. The minimum Gasteiger partial charge on any atom is -0.462 e. The van der Waals surface area contributed by atoms with Gasteiger partial charge in [-0.1, -0.05) is 288 Å². The zero-order valence-corrected chi connectivity index (χ0v) is 46.3. The van der Waals surface area contributed by atoms with Gasteiger partial charge in [-0.3, -0.25) is 14.4 Å². The van der Waals surface area contributed by atoms with E-state index in [9.17, 15) is 14.4 Å². The van der Waals surface area contributed by atoms with E-state index in [2.05, 4.69) is 57.2 Å². The van der Waals surface area contributed by atoms with Crippen molar-refractivity contribution in [2.75, 3.05) is 13.2 Å². The zero-order valence-electron chi connectivity index (χ0n) is 46.3. The summed E-state index contributed by atoms with van der Waals surface area (Å²) in [5.41, 5.74) is 0. The van der Waals surface area contributed by atoms with Gasteiger partial charge < -0.3 is 14.2 Å². The van der Waals surface area contributed by atoms with E-state index in [1.165, 1.54) is 212 Å². The summed E-state index contributed by atoms with van der Waals surface area (Å²) in [5, 5.41) is 0. The van der Waals surface area contributed by atoms with Crippen LogP contribution in [0.5, 0.6) is 0 Å². The van der Waals surface area contributed by atoms with Gasteiger partial charge in [-0.15, -0.1) is 0 Å². The van der Waals surface area contributed by atoms with Crippen molar-refractivity contribution < 1.29 is 28.6 Å². The van der Waals surface area contributed by atoms with E-state index in [-0.39, 0.29) is 31.1 Å². The molecule has 0 radical (unpaired) electrons. The van der Waals surface area contributed by atoms with Gasteiger partial charge in [0.2, 0.25) is 0 Å². The Balaban J connectivity index is 3.98. The monoisotopic (exact) mass is 969 g/mol. The van der Waals surface area contributed by atoms with Crippen LogP contribution in [-0.4, -0.2) is 37.2 Å². The molecule has 0 N–H and O–H groups in total. The maximum atomic E-state index is 12.8. The second-order valence-corrected chi connectivity index (χ2v) is 20.6. The molecule has 0 saturated carbocycles. The fraction of sp³-hybridized carbons (Fsp3) is 0.857. The second-order valence-electron chi connectivity index (χ2n) is 20.6. The van der Waals surface area contributed by atoms with Gasteiger partial charge in [-0.2, -0.15) is 0 Å². The summed E-state index contributed by atoms with van der Waals surface area (Å²) in [6.07, 6.45) is 70.5. The molecule has 404 valence electrons. The first-order valence-corrected chi connectivity index (χ1v) is 30.5. The average molecular weight is 970 g/mol. The molecule has 0 aliphatic heterocycles. The van der Waals surface area contributed by atoms with Crippen LogP contribution in [0.15, 0.2) is 36.5 Å². The predicted octanol–water partition coefficient (Wildman–Crippen LogP) is 20.4. The highest BCUT2D eigenvalue weighted by molar-refractivity contribution is 5.71. The van der Waals surface area contributed by atoms with Gasteiger partial charge in [0.15, 0.2) is 6.10 Å². The van der Waals surface area contributed by atoms with Crippen LogP contribution in [-0.2, 0) is 28.6 Å². The number of ether oxygens (including phenoxy) is 3. The van der Waals surface area contributed by atoms with Crippen LogP contribution in [0.25, 0.3) is 0 Å². The predicted molar refractivity (Wildman–Crippen MR) is 298 cm³/mol. The molecule has 0 rings (SSSR count). The lowest BCUT2D eigenvalue weighted by Crippen LogP contribution is -2.30. The van der Waals surface area contributed by atoms with Crippen molar-refractivity contribution in [2.45, 2.75) is 335 Å². The first-order chi connectivity index (χ1) is 34.0. The molecule has 0 aromatic carbocycles. The summed E-state index contributed by atoms with van der Waals surface area (Å²) in [6, 6.07) is 0. The average Bonchev–Trinajstić information content (AvgIpc) is 3.35. The number of carbonyl (C=O) groups is 3. The third-order valence-electron chi connectivity index (χ3n) is 13.6. The van der Waals surface area contributed by atoms with Crippen LogP contribution in [0.2, 0.25) is 0 Å². The lowest BCUT2D eigenvalue weighted by Gasteiger charge is -2.18. The highest BCUT2D eigenvalue weighted by Gasteiger charge is 2.19. The fourth-order valence-corrected chi connectivity index (χ4v) is 9.04. The Hall–Kier alpha value is -2.37. The normalized spacial score (nSPS) is 12.2. The molecule has 0 amide bonds. The Morgan fingerprint density at radius 2 is 0.522 bits per heavy atom. The molecular formula is C63H116O6. The van der Waals surface area contributed by atoms with Crippen molar-refractivity contribution in [1.29, 1.82) is 0 Å². The van der Waals surface area contributed by atoms with Crippen LogP contribution in [0, 0.1) is 0 Å². The van der Waals surface area contributed by atoms with Gasteiger partial charge in [0.1, 0.15) is 13.2 Å². The Morgan fingerprint density at radius 1 is 0.290 bits per heavy atom. The third-order valence-corrected chi connectivity index (χ3v) is 13.6. The second kappa shape index (κ2) is 58.2. The molecule has 6 heteroatoms. The van der Waals surface area contributed by atoms with Gasteiger partial charge in [-0.05, 0) is 57.8 Å². The van der Waals surface area contributed by atoms with Gasteiger partial charge in [0.25, 0.3) is 0 Å². The van der Waals surface area contributed by atoms with E-state index in [1.54, 1.807) is 0 Å². The van der Waals surface area contributed by atoms with Crippen molar-refractivity contribution >= 4 is 17.9 Å². The SMILES string of the molecule is CCCCCCC/C=C\C/C=C\C/C=C\CCCCCCCCCCCCCCCCC(=O)OCC(COC(=O)CCCCCCC)OC(=O)CCCCCCCCCCCCCCCCCCC. The lowest BCUT2D eigenvalue weighted by molar-refractivity contribution is -0.167. The summed E-state index contributed by atoms with van der Waals surface area (Å²) in [4.78, 5) is 37.8. The molecule has 0 aliphatic rings. The van der Waals surface area contributed by atoms with Crippen LogP contribution in [0.1, 0.15) is 329 Å². The molecule has 0 fully saturated rings. The highest BCUT2D eigenvalue weighted by atomic mass is 16.6. The van der Waals surface area contributed by atoms with Gasteiger partial charge in [0.05, 0.1) is 0 Å². The molecule has 0 aromatic heterocycles. The number of rotatable bonds is 56. The van der Waals surface area contributed by atoms with E-state index in [4.69, 9.17) is 14.2 Å². The topological polar surface area (TPSA) is 78.9 Å². The van der Waals surface area contributed by atoms with Crippen LogP contribution in [0.3, 0.4) is 0 Å². The summed E-state index contributed by atoms with van der Waals surface area (Å²) in [7, 11) is 0. The molecule has 69 heavy (non-hydrogen) atoms. The minimum absolute atomic E-state index is 0.0682. The minimum atomic E-state index is -0.765. The molecule has 6 nitrogen and oxygen atoms in total. The fourth-order valence-electron chi connectivity index (χ4n) is 9.04. The molecular weight excluding hydrogens is 853 g/mol. The molecule has 0 spiro atoms. The van der Waals surface area contributed by atoms with Crippen molar-refractivity contribution in [1.82, 2.24) is 0 Å². The smallest absolute Gasteiger partial charge is 0.306 e. The number of hydrogen-bond acceptors (Lipinski definition) is 6. The van der Waals surface area contributed by atoms with Gasteiger partial charge in [0, 0.05) is 19.3 Å². The third kappa shape index (κ3) is 56.4. The van der Waals surface area contributed by atoms with Crippen LogP contribution >= 0.6 is 0 Å².